The first-order valence-corrected chi connectivity index (χ1v) is 17.2. The number of carbonyl (C=O) groups excluding carboxylic acids is 4. The number of halogens is 1. The predicted molar refractivity (Wildman–Crippen MR) is 186 cm³/mol. The van der Waals surface area contributed by atoms with E-state index >= 15 is 0 Å². The van der Waals surface area contributed by atoms with Gasteiger partial charge in [-0.3, -0.25) is 24.2 Å². The van der Waals surface area contributed by atoms with Crippen LogP contribution in [0.2, 0.25) is 5.02 Å². The van der Waals surface area contributed by atoms with Crippen LogP contribution in [0.25, 0.3) is 0 Å². The smallest absolute Gasteiger partial charge is 0.417 e. The molecule has 0 bridgehead atoms. The van der Waals surface area contributed by atoms with Crippen molar-refractivity contribution in [3.8, 4) is 11.5 Å². The molecule has 50 heavy (non-hydrogen) atoms. The Hall–Kier alpha value is -4.21. The fourth-order valence-electron chi connectivity index (χ4n) is 4.96. The van der Waals surface area contributed by atoms with Crippen molar-refractivity contribution in [2.45, 2.75) is 76.6 Å². The van der Waals surface area contributed by atoms with Crippen LogP contribution in [0.15, 0.2) is 52.8 Å². The van der Waals surface area contributed by atoms with Gasteiger partial charge in [0.25, 0.3) is 11.8 Å². The number of rotatable bonds is 10. The van der Waals surface area contributed by atoms with Crippen LogP contribution in [0.1, 0.15) is 53.5 Å². The van der Waals surface area contributed by atoms with Gasteiger partial charge in [-0.15, -0.1) is 0 Å². The van der Waals surface area contributed by atoms with Crippen LogP contribution in [0.3, 0.4) is 0 Å². The maximum Gasteiger partial charge on any atom is 0.417 e. The van der Waals surface area contributed by atoms with Gasteiger partial charge in [0.1, 0.15) is 29.1 Å². The molecular formula is C34H44ClN5O9S. The number of hydrogen-bond acceptors (Lipinski definition) is 12. The molecule has 2 aromatic rings. The highest BCUT2D eigenvalue weighted by Crippen LogP contribution is 2.34. The number of carbonyl (C=O) groups is 4. The molecule has 4 amide bonds. The number of benzene rings is 1. The van der Waals surface area contributed by atoms with Gasteiger partial charge in [-0.1, -0.05) is 17.7 Å². The third kappa shape index (κ3) is 10.4. The Morgan fingerprint density at radius 1 is 1.06 bits per heavy atom. The van der Waals surface area contributed by atoms with Crippen molar-refractivity contribution in [1.29, 1.82) is 0 Å². The Morgan fingerprint density at radius 3 is 2.48 bits per heavy atom. The maximum atomic E-state index is 13.7. The molecule has 0 saturated carbocycles. The number of imide groups is 1. The Kier molecular flexibility index (Phi) is 12.9. The summed E-state index contributed by atoms with van der Waals surface area (Å²) < 4.78 is 30.8. The molecule has 272 valence electrons. The minimum Gasteiger partial charge on any atom is -0.494 e. The van der Waals surface area contributed by atoms with E-state index in [0.717, 1.165) is 16.8 Å². The van der Waals surface area contributed by atoms with Crippen molar-refractivity contribution in [3.05, 3.63) is 58.5 Å². The lowest BCUT2D eigenvalue weighted by atomic mass is 10.0. The van der Waals surface area contributed by atoms with Gasteiger partial charge >= 0.3 is 12.2 Å². The van der Waals surface area contributed by atoms with E-state index in [1.54, 1.807) is 83.1 Å². The number of amides is 4. The van der Waals surface area contributed by atoms with E-state index in [1.165, 1.54) is 7.11 Å². The number of para-hydroxylation sites is 1. The van der Waals surface area contributed by atoms with Crippen LogP contribution in [-0.4, -0.2) is 96.0 Å². The summed E-state index contributed by atoms with van der Waals surface area (Å²) >= 11 is 7.16. The molecule has 0 radical (unpaired) electrons. The van der Waals surface area contributed by atoms with Crippen molar-refractivity contribution in [2.24, 2.45) is 0 Å². The number of pyridine rings is 1. The SMILES string of the molecule is COc1c(Cl)cccc1SNC(=O)C1=C(NCc2ccncc2OC[C@H]2COCCN2C(=O)OC(C)(C)C)CCN(C(=O)OC(C)(C)C)C1=O. The molecule has 2 aliphatic heterocycles. The van der Waals surface area contributed by atoms with Crippen molar-refractivity contribution in [1.82, 2.24) is 24.8 Å². The summed E-state index contributed by atoms with van der Waals surface area (Å²) in [5.74, 6) is -0.753. The average Bonchev–Trinajstić information content (AvgIpc) is 3.04. The van der Waals surface area contributed by atoms with Crippen molar-refractivity contribution in [3.63, 3.8) is 0 Å². The summed E-state index contributed by atoms with van der Waals surface area (Å²) in [5.41, 5.74) is -0.761. The molecule has 2 N–H and O–H groups in total. The van der Waals surface area contributed by atoms with Crippen molar-refractivity contribution < 1.29 is 42.9 Å². The molecule has 16 heteroatoms. The summed E-state index contributed by atoms with van der Waals surface area (Å²) in [6.45, 7) is 11.8. The van der Waals surface area contributed by atoms with Gasteiger partial charge in [0.2, 0.25) is 0 Å². The minimum atomic E-state index is -0.855. The second-order valence-corrected chi connectivity index (χ2v) is 14.7. The molecule has 1 saturated heterocycles. The molecule has 1 atom stereocenters. The highest BCUT2D eigenvalue weighted by Gasteiger charge is 2.38. The van der Waals surface area contributed by atoms with E-state index in [-0.39, 0.29) is 38.3 Å². The predicted octanol–water partition coefficient (Wildman–Crippen LogP) is 5.09. The summed E-state index contributed by atoms with van der Waals surface area (Å²) in [7, 11) is 1.46. The second kappa shape index (κ2) is 16.7. The Labute approximate surface area is 301 Å². The van der Waals surface area contributed by atoms with Crippen LogP contribution in [0.4, 0.5) is 9.59 Å². The first-order valence-electron chi connectivity index (χ1n) is 16.0. The Morgan fingerprint density at radius 2 is 1.78 bits per heavy atom. The first-order chi connectivity index (χ1) is 23.6. The number of aromatic nitrogens is 1. The molecule has 14 nitrogen and oxygen atoms in total. The third-order valence-electron chi connectivity index (χ3n) is 7.22. The largest absolute Gasteiger partial charge is 0.494 e. The standard InChI is InChI=1S/C34H44ClN5O9S/c1-33(2,3)48-31(43)39-15-16-46-19-22(39)20-47-25-18-36-13-11-21(25)17-37-24-12-14-40(32(44)49-34(4,5)6)30(42)27(24)29(41)38-50-26-10-8-9-23(35)28(26)45-7/h8-11,13,18,22,37H,12,14-17,19-20H2,1-7H3,(H,38,41)/t22-/m1/s1. The molecular weight excluding hydrogens is 690 g/mol. The molecule has 0 unspecified atom stereocenters. The molecule has 4 rings (SSSR count). The number of hydrogen-bond donors (Lipinski definition) is 2. The number of ether oxygens (including phenoxy) is 5. The molecule has 3 heterocycles. The third-order valence-corrected chi connectivity index (χ3v) is 8.35. The number of nitrogens with one attached hydrogen (secondary N) is 2. The van der Waals surface area contributed by atoms with Crippen LogP contribution < -0.4 is 19.5 Å². The summed E-state index contributed by atoms with van der Waals surface area (Å²) in [6, 6.07) is 6.40. The van der Waals surface area contributed by atoms with E-state index in [1.807, 2.05) is 0 Å². The quantitative estimate of drug-likeness (QED) is 0.247. The lowest BCUT2D eigenvalue weighted by Crippen LogP contribution is -2.52. The van der Waals surface area contributed by atoms with Gasteiger partial charge in [0.15, 0.2) is 5.75 Å². The van der Waals surface area contributed by atoms with Crippen molar-refractivity contribution >= 4 is 47.5 Å². The normalized spacial score (nSPS) is 16.9. The second-order valence-electron chi connectivity index (χ2n) is 13.4. The molecule has 1 aromatic heterocycles. The van der Waals surface area contributed by atoms with Crippen LogP contribution in [0, 0.1) is 0 Å². The van der Waals surface area contributed by atoms with Crippen LogP contribution >= 0.6 is 23.5 Å². The molecule has 0 spiro atoms. The zero-order valence-corrected chi connectivity index (χ0v) is 30.9. The maximum absolute atomic E-state index is 13.7. The fraction of sp³-hybridized carbons (Fsp3) is 0.500. The van der Waals surface area contributed by atoms with Gasteiger partial charge in [0, 0.05) is 43.5 Å². The number of nitrogens with zero attached hydrogens (tertiary/aromatic N) is 3. The highest BCUT2D eigenvalue weighted by atomic mass is 35.5. The first kappa shape index (κ1) is 38.6. The summed E-state index contributed by atoms with van der Waals surface area (Å²) in [5, 5.41) is 3.56. The van der Waals surface area contributed by atoms with E-state index in [4.69, 9.17) is 35.3 Å². The minimum absolute atomic E-state index is 0.00992. The number of morpholine rings is 1. The fourth-order valence-corrected chi connectivity index (χ4v) is 6.01. The molecule has 1 aromatic carbocycles. The lowest BCUT2D eigenvalue weighted by Gasteiger charge is -2.36. The zero-order chi connectivity index (χ0) is 36.6. The van der Waals surface area contributed by atoms with Gasteiger partial charge in [-0.2, -0.15) is 0 Å². The van der Waals surface area contributed by atoms with Gasteiger partial charge in [0.05, 0.1) is 42.5 Å². The van der Waals surface area contributed by atoms with Crippen LogP contribution in [-0.2, 0) is 30.3 Å². The van der Waals surface area contributed by atoms with E-state index in [9.17, 15) is 19.2 Å². The van der Waals surface area contributed by atoms with E-state index in [2.05, 4.69) is 15.0 Å². The molecule has 0 aliphatic carbocycles. The molecule has 1 fully saturated rings. The average molecular weight is 734 g/mol. The van der Waals surface area contributed by atoms with Gasteiger partial charge in [-0.25, -0.2) is 14.5 Å². The Bertz CT molecular complexity index is 1610. The zero-order valence-electron chi connectivity index (χ0n) is 29.3. The highest BCUT2D eigenvalue weighted by molar-refractivity contribution is 7.98. The lowest BCUT2D eigenvalue weighted by molar-refractivity contribution is -0.130. The van der Waals surface area contributed by atoms with Gasteiger partial charge in [-0.05, 0) is 71.7 Å². The monoisotopic (exact) mass is 733 g/mol. The topological polar surface area (TPSA) is 158 Å². The van der Waals surface area contributed by atoms with Gasteiger partial charge < -0.3 is 29.0 Å². The van der Waals surface area contributed by atoms with Crippen LogP contribution in [0.5, 0.6) is 11.5 Å². The van der Waals surface area contributed by atoms with Crippen molar-refractivity contribution in [2.75, 3.05) is 40.0 Å². The Balaban J connectivity index is 1.53. The molecule has 2 aliphatic rings. The summed E-state index contributed by atoms with van der Waals surface area (Å²) in [6.07, 6.45) is 1.99. The van der Waals surface area contributed by atoms with E-state index in [0.29, 0.717) is 45.8 Å². The number of methoxy groups -OCH3 is 1. The summed E-state index contributed by atoms with van der Waals surface area (Å²) in [4.78, 5) is 60.5. The van der Waals surface area contributed by atoms with E-state index < -0.39 is 41.2 Å².